The second kappa shape index (κ2) is 7.63. The number of morpholine rings is 1. The van der Waals surface area contributed by atoms with Gasteiger partial charge in [-0.3, -0.25) is 4.90 Å². The van der Waals surface area contributed by atoms with E-state index in [1.54, 1.807) is 0 Å². The van der Waals surface area contributed by atoms with Crippen LogP contribution in [0.25, 0.3) is 0 Å². The second-order valence-corrected chi connectivity index (χ2v) is 7.41. The lowest BCUT2D eigenvalue weighted by atomic mass is 9.94. The van der Waals surface area contributed by atoms with Gasteiger partial charge in [-0.1, -0.05) is 20.3 Å². The van der Waals surface area contributed by atoms with E-state index >= 15 is 0 Å². The number of aromatic nitrogens is 1. The molecule has 2 aliphatic heterocycles. The number of pyridine rings is 1. The normalized spacial score (nSPS) is 23.5. The van der Waals surface area contributed by atoms with E-state index in [0.29, 0.717) is 6.04 Å². The Morgan fingerprint density at radius 1 is 1.22 bits per heavy atom. The predicted octanol–water partition coefficient (Wildman–Crippen LogP) is 3.41. The first kappa shape index (κ1) is 16.7. The largest absolute Gasteiger partial charge is 0.378 e. The first-order valence-corrected chi connectivity index (χ1v) is 9.18. The third-order valence-electron chi connectivity index (χ3n) is 4.98. The zero-order valence-corrected chi connectivity index (χ0v) is 14.9. The number of likely N-dealkylation sites (tertiary alicyclic amines) is 1. The highest BCUT2D eigenvalue weighted by Crippen LogP contribution is 2.33. The van der Waals surface area contributed by atoms with Gasteiger partial charge in [-0.05, 0) is 49.4 Å². The van der Waals surface area contributed by atoms with E-state index < -0.39 is 0 Å². The van der Waals surface area contributed by atoms with Gasteiger partial charge in [-0.25, -0.2) is 4.98 Å². The molecule has 2 fully saturated rings. The van der Waals surface area contributed by atoms with Crippen LogP contribution < -0.4 is 4.90 Å². The molecule has 4 nitrogen and oxygen atoms in total. The molecule has 0 N–H and O–H groups in total. The minimum atomic E-state index is 0.552. The summed E-state index contributed by atoms with van der Waals surface area (Å²) in [5.74, 6) is 1.86. The molecule has 0 bridgehead atoms. The number of hydrogen-bond acceptors (Lipinski definition) is 4. The summed E-state index contributed by atoms with van der Waals surface area (Å²) >= 11 is 0. The van der Waals surface area contributed by atoms with Crippen LogP contribution in [0.2, 0.25) is 0 Å². The molecular weight excluding hydrogens is 286 g/mol. The van der Waals surface area contributed by atoms with E-state index in [0.717, 1.165) is 38.0 Å². The van der Waals surface area contributed by atoms with E-state index in [4.69, 9.17) is 9.72 Å². The van der Waals surface area contributed by atoms with Crippen LogP contribution in [-0.2, 0) is 4.74 Å². The predicted molar refractivity (Wildman–Crippen MR) is 95.0 cm³/mol. The SMILES string of the molecule is Cc1cc([C@H]2CCCCN2CC(C)C)cnc1N1CCOCC1. The highest BCUT2D eigenvalue weighted by Gasteiger charge is 2.25. The second-order valence-electron chi connectivity index (χ2n) is 7.41. The third kappa shape index (κ3) is 4.04. The van der Waals surface area contributed by atoms with Gasteiger partial charge >= 0.3 is 0 Å². The molecule has 3 heterocycles. The van der Waals surface area contributed by atoms with Crippen molar-refractivity contribution in [1.82, 2.24) is 9.88 Å². The van der Waals surface area contributed by atoms with Gasteiger partial charge in [0.15, 0.2) is 0 Å². The lowest BCUT2D eigenvalue weighted by Crippen LogP contribution is -2.38. The maximum atomic E-state index is 5.45. The summed E-state index contributed by atoms with van der Waals surface area (Å²) in [6, 6.07) is 2.93. The Kier molecular flexibility index (Phi) is 5.54. The molecule has 0 unspecified atom stereocenters. The Balaban J connectivity index is 1.77. The molecule has 0 radical (unpaired) electrons. The Labute approximate surface area is 140 Å². The molecule has 4 heteroatoms. The van der Waals surface area contributed by atoms with Crippen molar-refractivity contribution in [2.45, 2.75) is 46.1 Å². The molecule has 2 saturated heterocycles. The summed E-state index contributed by atoms with van der Waals surface area (Å²) in [7, 11) is 0. The van der Waals surface area contributed by atoms with Gasteiger partial charge in [0.2, 0.25) is 0 Å². The average molecular weight is 317 g/mol. The molecule has 23 heavy (non-hydrogen) atoms. The molecule has 3 rings (SSSR count). The number of aryl methyl sites for hydroxylation is 1. The Morgan fingerprint density at radius 3 is 2.70 bits per heavy atom. The highest BCUT2D eigenvalue weighted by molar-refractivity contribution is 5.48. The van der Waals surface area contributed by atoms with E-state index in [1.807, 2.05) is 0 Å². The Bertz CT molecular complexity index is 511. The number of anilines is 1. The Hall–Kier alpha value is -1.13. The number of rotatable bonds is 4. The molecule has 0 saturated carbocycles. The maximum Gasteiger partial charge on any atom is 0.131 e. The molecule has 1 aromatic heterocycles. The zero-order chi connectivity index (χ0) is 16.2. The van der Waals surface area contributed by atoms with E-state index in [1.165, 1.54) is 43.5 Å². The van der Waals surface area contributed by atoms with Gasteiger partial charge in [-0.2, -0.15) is 0 Å². The van der Waals surface area contributed by atoms with Crippen molar-refractivity contribution in [3.8, 4) is 0 Å². The van der Waals surface area contributed by atoms with Crippen molar-refractivity contribution >= 4 is 5.82 Å². The van der Waals surface area contributed by atoms with Crippen LogP contribution in [-0.4, -0.2) is 49.3 Å². The van der Waals surface area contributed by atoms with Gasteiger partial charge in [0.05, 0.1) is 13.2 Å². The number of ether oxygens (including phenoxy) is 1. The van der Waals surface area contributed by atoms with Crippen LogP contribution >= 0.6 is 0 Å². The summed E-state index contributed by atoms with van der Waals surface area (Å²) in [5, 5.41) is 0. The van der Waals surface area contributed by atoms with Crippen molar-refractivity contribution in [3.05, 3.63) is 23.4 Å². The smallest absolute Gasteiger partial charge is 0.131 e. The monoisotopic (exact) mass is 317 g/mol. The number of nitrogens with zero attached hydrogens (tertiary/aromatic N) is 3. The fraction of sp³-hybridized carbons (Fsp3) is 0.737. The summed E-state index contributed by atoms with van der Waals surface area (Å²) in [4.78, 5) is 9.86. The summed E-state index contributed by atoms with van der Waals surface area (Å²) in [5.41, 5.74) is 2.71. The first-order valence-electron chi connectivity index (χ1n) is 9.18. The molecule has 128 valence electrons. The lowest BCUT2D eigenvalue weighted by molar-refractivity contribution is 0.122. The fourth-order valence-corrected chi connectivity index (χ4v) is 3.93. The summed E-state index contributed by atoms with van der Waals surface area (Å²) in [6.45, 7) is 12.8. The van der Waals surface area contributed by atoms with Crippen molar-refractivity contribution in [2.24, 2.45) is 5.92 Å². The maximum absolute atomic E-state index is 5.45. The van der Waals surface area contributed by atoms with Crippen LogP contribution in [0, 0.1) is 12.8 Å². The average Bonchev–Trinajstić information content (AvgIpc) is 2.55. The van der Waals surface area contributed by atoms with Crippen LogP contribution in [0.5, 0.6) is 0 Å². The van der Waals surface area contributed by atoms with Gasteiger partial charge in [0, 0.05) is 31.9 Å². The van der Waals surface area contributed by atoms with Gasteiger partial charge in [-0.15, -0.1) is 0 Å². The first-order chi connectivity index (χ1) is 11.1. The topological polar surface area (TPSA) is 28.6 Å². The van der Waals surface area contributed by atoms with Gasteiger partial charge in [0.25, 0.3) is 0 Å². The minimum absolute atomic E-state index is 0.552. The fourth-order valence-electron chi connectivity index (χ4n) is 3.93. The van der Waals surface area contributed by atoms with Crippen LogP contribution in [0.3, 0.4) is 0 Å². The Morgan fingerprint density at radius 2 is 2.00 bits per heavy atom. The summed E-state index contributed by atoms with van der Waals surface area (Å²) < 4.78 is 5.45. The van der Waals surface area contributed by atoms with Gasteiger partial charge < -0.3 is 9.64 Å². The van der Waals surface area contributed by atoms with Crippen LogP contribution in [0.1, 0.15) is 50.3 Å². The van der Waals surface area contributed by atoms with Crippen molar-refractivity contribution in [2.75, 3.05) is 44.3 Å². The van der Waals surface area contributed by atoms with E-state index in [2.05, 4.69) is 42.8 Å². The molecule has 1 atom stereocenters. The quantitative estimate of drug-likeness (QED) is 0.851. The number of piperidine rings is 1. The van der Waals surface area contributed by atoms with E-state index in [9.17, 15) is 0 Å². The third-order valence-corrected chi connectivity index (χ3v) is 4.98. The van der Waals surface area contributed by atoms with Gasteiger partial charge in [0.1, 0.15) is 5.82 Å². The van der Waals surface area contributed by atoms with Crippen LogP contribution in [0.15, 0.2) is 12.3 Å². The molecule has 0 aliphatic carbocycles. The van der Waals surface area contributed by atoms with Crippen LogP contribution in [0.4, 0.5) is 5.82 Å². The molecule has 1 aromatic rings. The minimum Gasteiger partial charge on any atom is -0.378 e. The highest BCUT2D eigenvalue weighted by atomic mass is 16.5. The van der Waals surface area contributed by atoms with Crippen molar-refractivity contribution < 1.29 is 4.74 Å². The van der Waals surface area contributed by atoms with Crippen molar-refractivity contribution in [1.29, 1.82) is 0 Å². The molecule has 0 aromatic carbocycles. The zero-order valence-electron chi connectivity index (χ0n) is 14.9. The van der Waals surface area contributed by atoms with E-state index in [-0.39, 0.29) is 0 Å². The van der Waals surface area contributed by atoms with Crippen molar-refractivity contribution in [3.63, 3.8) is 0 Å². The molecule has 0 amide bonds. The standard InChI is InChI=1S/C19H31N3O/c1-15(2)14-22-7-5-4-6-18(22)17-12-16(3)19(20-13-17)21-8-10-23-11-9-21/h12-13,15,18H,4-11,14H2,1-3H3/t18-/m1/s1. The number of hydrogen-bond donors (Lipinski definition) is 0. The molecular formula is C19H31N3O. The lowest BCUT2D eigenvalue weighted by Gasteiger charge is -2.37. The summed E-state index contributed by atoms with van der Waals surface area (Å²) in [6.07, 6.45) is 6.07. The molecule has 2 aliphatic rings. The molecule has 0 spiro atoms.